The molecule has 6 heteroatoms. The van der Waals surface area contributed by atoms with Gasteiger partial charge in [0.1, 0.15) is 13.2 Å². The molecule has 0 heterocycles. The Morgan fingerprint density at radius 2 is 1.79 bits per heavy atom. The average molecular weight is 337 g/mol. The van der Waals surface area contributed by atoms with Crippen LogP contribution in [-0.4, -0.2) is 35.9 Å². The highest BCUT2D eigenvalue weighted by molar-refractivity contribution is 5.70. The Bertz CT molecular complexity index is 522. The summed E-state index contributed by atoms with van der Waals surface area (Å²) in [6, 6.07) is 8.96. The van der Waals surface area contributed by atoms with Crippen molar-refractivity contribution in [3.05, 3.63) is 35.9 Å². The van der Waals surface area contributed by atoms with Crippen molar-refractivity contribution in [2.45, 2.75) is 52.9 Å². The van der Waals surface area contributed by atoms with Crippen LogP contribution in [0.25, 0.3) is 0 Å². The van der Waals surface area contributed by atoms with Crippen molar-refractivity contribution in [2.75, 3.05) is 6.61 Å². The number of carbonyl (C=O) groups is 2. The maximum atomic E-state index is 12.0. The molecule has 0 radical (unpaired) electrons. The monoisotopic (exact) mass is 337 g/mol. The normalized spacial score (nSPS) is 13.7. The van der Waals surface area contributed by atoms with Crippen LogP contribution in [0.4, 0.5) is 4.79 Å². The van der Waals surface area contributed by atoms with E-state index in [0.29, 0.717) is 0 Å². The van der Waals surface area contributed by atoms with Gasteiger partial charge in [-0.25, -0.2) is 4.79 Å². The van der Waals surface area contributed by atoms with E-state index < -0.39 is 24.2 Å². The van der Waals surface area contributed by atoms with Crippen LogP contribution in [0.3, 0.4) is 0 Å². The molecule has 1 unspecified atom stereocenters. The van der Waals surface area contributed by atoms with Gasteiger partial charge in [0.25, 0.3) is 0 Å². The van der Waals surface area contributed by atoms with Gasteiger partial charge in [0, 0.05) is 0 Å². The predicted octanol–water partition coefficient (Wildman–Crippen LogP) is 2.64. The molecule has 0 saturated carbocycles. The maximum Gasteiger partial charge on any atom is 0.407 e. The van der Waals surface area contributed by atoms with E-state index >= 15 is 0 Å². The summed E-state index contributed by atoms with van der Waals surface area (Å²) >= 11 is 0. The number of hydrogen-bond donors (Lipinski definition) is 2. The Morgan fingerprint density at radius 1 is 1.17 bits per heavy atom. The summed E-state index contributed by atoms with van der Waals surface area (Å²) in [4.78, 5) is 23.5. The lowest BCUT2D eigenvalue weighted by Crippen LogP contribution is -2.47. The number of esters is 1. The third kappa shape index (κ3) is 7.97. The Kier molecular flexibility index (Phi) is 7.71. The second-order valence-electron chi connectivity index (χ2n) is 6.86. The molecule has 0 aliphatic rings. The third-order valence-corrected chi connectivity index (χ3v) is 3.42. The lowest BCUT2D eigenvalue weighted by Gasteiger charge is -2.30. The van der Waals surface area contributed by atoms with Crippen molar-refractivity contribution in [3.63, 3.8) is 0 Å². The number of benzene rings is 1. The SMILES string of the molecule is CC(O)CC(=O)OC[C@H](NC(=O)OCc1ccccc1)C(C)(C)C. The molecule has 6 nitrogen and oxygen atoms in total. The van der Waals surface area contributed by atoms with Gasteiger partial charge in [-0.05, 0) is 17.9 Å². The van der Waals surface area contributed by atoms with Crippen LogP contribution in [0.2, 0.25) is 0 Å². The standard InChI is InChI=1S/C18H27NO5/c1-13(20)10-16(21)23-12-15(18(2,3)4)19-17(22)24-11-14-8-6-5-7-9-14/h5-9,13,15,20H,10-12H2,1-4H3,(H,19,22)/t13?,15-/m0/s1. The first-order valence-corrected chi connectivity index (χ1v) is 7.99. The molecule has 0 bridgehead atoms. The fourth-order valence-corrected chi connectivity index (χ4v) is 1.89. The van der Waals surface area contributed by atoms with Crippen LogP contribution in [-0.2, 0) is 20.9 Å². The Balaban J connectivity index is 2.50. The molecule has 134 valence electrons. The molecule has 0 fully saturated rings. The third-order valence-electron chi connectivity index (χ3n) is 3.42. The first-order chi connectivity index (χ1) is 11.2. The quantitative estimate of drug-likeness (QED) is 0.747. The van der Waals surface area contributed by atoms with Crippen molar-refractivity contribution in [3.8, 4) is 0 Å². The molecule has 1 rings (SSSR count). The van der Waals surface area contributed by atoms with E-state index in [0.717, 1.165) is 5.56 Å². The predicted molar refractivity (Wildman–Crippen MR) is 90.3 cm³/mol. The van der Waals surface area contributed by atoms with Crippen molar-refractivity contribution >= 4 is 12.1 Å². The number of hydrogen-bond acceptors (Lipinski definition) is 5. The van der Waals surface area contributed by atoms with E-state index in [1.165, 1.54) is 6.92 Å². The van der Waals surface area contributed by atoms with Crippen LogP contribution >= 0.6 is 0 Å². The van der Waals surface area contributed by atoms with Crippen LogP contribution < -0.4 is 5.32 Å². The van der Waals surface area contributed by atoms with Gasteiger partial charge >= 0.3 is 12.1 Å². The fraction of sp³-hybridized carbons (Fsp3) is 0.556. The van der Waals surface area contributed by atoms with Gasteiger partial charge in [-0.1, -0.05) is 51.1 Å². The lowest BCUT2D eigenvalue weighted by molar-refractivity contribution is -0.147. The minimum Gasteiger partial charge on any atom is -0.463 e. The van der Waals surface area contributed by atoms with Gasteiger partial charge in [0.2, 0.25) is 0 Å². The summed E-state index contributed by atoms with van der Waals surface area (Å²) in [5.74, 6) is -0.501. The zero-order valence-corrected chi connectivity index (χ0v) is 14.7. The second kappa shape index (κ2) is 9.27. The van der Waals surface area contributed by atoms with Gasteiger partial charge in [-0.15, -0.1) is 0 Å². The largest absolute Gasteiger partial charge is 0.463 e. The van der Waals surface area contributed by atoms with E-state index in [9.17, 15) is 14.7 Å². The number of ether oxygens (including phenoxy) is 2. The van der Waals surface area contributed by atoms with Gasteiger partial charge in [-0.3, -0.25) is 4.79 Å². The van der Waals surface area contributed by atoms with Crippen molar-refractivity contribution < 1.29 is 24.2 Å². The van der Waals surface area contributed by atoms with Crippen LogP contribution in [0.1, 0.15) is 39.7 Å². The van der Waals surface area contributed by atoms with E-state index in [1.807, 2.05) is 51.1 Å². The summed E-state index contributed by atoms with van der Waals surface area (Å²) < 4.78 is 10.3. The van der Waals surface area contributed by atoms with Crippen LogP contribution in [0.15, 0.2) is 30.3 Å². The minimum atomic E-state index is -0.755. The second-order valence-corrected chi connectivity index (χ2v) is 6.86. The minimum absolute atomic E-state index is 0.0233. The van der Waals surface area contributed by atoms with Gasteiger partial charge in [0.05, 0.1) is 18.6 Å². The molecule has 2 atom stereocenters. The molecule has 0 saturated heterocycles. The molecule has 1 aromatic carbocycles. The Labute approximate surface area is 143 Å². The van der Waals surface area contributed by atoms with Crippen LogP contribution in [0, 0.1) is 5.41 Å². The Hall–Kier alpha value is -2.08. The van der Waals surface area contributed by atoms with Crippen molar-refractivity contribution in [2.24, 2.45) is 5.41 Å². The van der Waals surface area contributed by atoms with Gasteiger partial charge in [0.15, 0.2) is 0 Å². The molecule has 1 aromatic rings. The summed E-state index contributed by atoms with van der Waals surface area (Å²) in [6.07, 6.45) is -1.39. The number of aliphatic hydroxyl groups is 1. The molecule has 0 aromatic heterocycles. The highest BCUT2D eigenvalue weighted by atomic mass is 16.6. The van der Waals surface area contributed by atoms with Crippen LogP contribution in [0.5, 0.6) is 0 Å². The number of alkyl carbamates (subject to hydrolysis) is 1. The number of rotatable bonds is 7. The summed E-state index contributed by atoms with van der Waals surface area (Å²) in [5, 5.41) is 11.9. The maximum absolute atomic E-state index is 12.0. The average Bonchev–Trinajstić information content (AvgIpc) is 2.48. The van der Waals surface area contributed by atoms with E-state index in [4.69, 9.17) is 9.47 Å². The molecular formula is C18H27NO5. The van der Waals surface area contributed by atoms with Gasteiger partial charge in [-0.2, -0.15) is 0 Å². The van der Waals surface area contributed by atoms with Crippen molar-refractivity contribution in [1.82, 2.24) is 5.32 Å². The first kappa shape index (κ1) is 20.0. The smallest absolute Gasteiger partial charge is 0.407 e. The molecule has 1 amide bonds. The summed E-state index contributed by atoms with van der Waals surface area (Å²) in [7, 11) is 0. The number of aliphatic hydroxyl groups excluding tert-OH is 1. The number of carbonyl (C=O) groups excluding carboxylic acids is 2. The number of amides is 1. The number of nitrogens with one attached hydrogen (secondary N) is 1. The Morgan fingerprint density at radius 3 is 2.33 bits per heavy atom. The molecule has 0 aliphatic heterocycles. The van der Waals surface area contributed by atoms with E-state index in [2.05, 4.69) is 5.32 Å². The summed E-state index contributed by atoms with van der Waals surface area (Å²) in [6.45, 7) is 7.50. The zero-order chi connectivity index (χ0) is 18.2. The van der Waals surface area contributed by atoms with E-state index in [-0.39, 0.29) is 25.0 Å². The van der Waals surface area contributed by atoms with E-state index in [1.54, 1.807) is 0 Å². The summed E-state index contributed by atoms with van der Waals surface area (Å²) in [5.41, 5.74) is 0.569. The topological polar surface area (TPSA) is 84.9 Å². The molecule has 24 heavy (non-hydrogen) atoms. The zero-order valence-electron chi connectivity index (χ0n) is 14.7. The highest BCUT2D eigenvalue weighted by Gasteiger charge is 2.28. The molecule has 0 aliphatic carbocycles. The molecule has 0 spiro atoms. The first-order valence-electron chi connectivity index (χ1n) is 7.99. The molecular weight excluding hydrogens is 310 g/mol. The lowest BCUT2D eigenvalue weighted by atomic mass is 9.87. The fourth-order valence-electron chi connectivity index (χ4n) is 1.89. The molecule has 2 N–H and O–H groups in total. The highest BCUT2D eigenvalue weighted by Crippen LogP contribution is 2.20. The van der Waals surface area contributed by atoms with Gasteiger partial charge < -0.3 is 19.9 Å². The van der Waals surface area contributed by atoms with Crippen molar-refractivity contribution in [1.29, 1.82) is 0 Å².